The maximum Gasteiger partial charge on any atom is 0.313 e. The van der Waals surface area contributed by atoms with E-state index in [4.69, 9.17) is 5.73 Å². The molecule has 1 aliphatic carbocycles. The van der Waals surface area contributed by atoms with Gasteiger partial charge in [-0.1, -0.05) is 25.8 Å². The van der Waals surface area contributed by atoms with Crippen LogP contribution in [-0.4, -0.2) is 11.9 Å². The van der Waals surface area contributed by atoms with Gasteiger partial charge in [0.2, 0.25) is 5.91 Å². The minimum absolute atomic E-state index is 0.0880. The number of rotatable bonds is 3. The second-order valence-electron chi connectivity index (χ2n) is 5.30. The molecule has 1 aromatic carbocycles. The van der Waals surface area contributed by atoms with Crippen LogP contribution in [0.4, 0.5) is 29.5 Å². The molecule has 0 radical (unpaired) electrons. The summed E-state index contributed by atoms with van der Waals surface area (Å²) in [7, 11) is -10.2. The number of amides is 1. The van der Waals surface area contributed by atoms with Crippen LogP contribution in [-0.2, 0) is 4.79 Å². The highest BCUT2D eigenvalue weighted by atomic mass is 32.5. The number of hydrogen-bond donors (Lipinski definition) is 2. The van der Waals surface area contributed by atoms with E-state index in [0.717, 1.165) is 6.07 Å². The third-order valence-electron chi connectivity index (χ3n) is 3.52. The second-order valence-corrected chi connectivity index (χ2v) is 7.68. The van der Waals surface area contributed by atoms with E-state index in [2.05, 4.69) is 5.32 Å². The van der Waals surface area contributed by atoms with Gasteiger partial charge in [0, 0.05) is 11.7 Å². The smallest absolute Gasteiger partial charge is 0.313 e. The van der Waals surface area contributed by atoms with Crippen molar-refractivity contribution in [3.63, 3.8) is 0 Å². The van der Waals surface area contributed by atoms with Crippen LogP contribution in [0.3, 0.4) is 0 Å². The van der Waals surface area contributed by atoms with Crippen LogP contribution >= 0.6 is 10.2 Å². The van der Waals surface area contributed by atoms with Crippen LogP contribution in [0, 0.1) is 11.7 Å². The van der Waals surface area contributed by atoms with Gasteiger partial charge in [-0.05, 0) is 31.0 Å². The molecule has 0 bridgehead atoms. The van der Waals surface area contributed by atoms with Gasteiger partial charge in [-0.3, -0.25) is 4.79 Å². The van der Waals surface area contributed by atoms with Gasteiger partial charge in [-0.25, -0.2) is 4.39 Å². The fourth-order valence-corrected chi connectivity index (χ4v) is 3.21. The summed E-state index contributed by atoms with van der Waals surface area (Å²) in [6.07, 6.45) is 1.75. The molecule has 2 rings (SSSR count). The summed E-state index contributed by atoms with van der Waals surface area (Å²) in [4.78, 5) is 9.24. The average Bonchev–Trinajstić information content (AvgIpc) is 2.75. The van der Waals surface area contributed by atoms with E-state index in [0.29, 0.717) is 19.3 Å². The molecule has 22 heavy (non-hydrogen) atoms. The topological polar surface area (TPSA) is 55.1 Å². The lowest BCUT2D eigenvalue weighted by atomic mass is 10.0. The van der Waals surface area contributed by atoms with E-state index in [9.17, 15) is 28.6 Å². The average molecular weight is 348 g/mol. The predicted octanol–water partition coefficient (Wildman–Crippen LogP) is 4.55. The maximum absolute atomic E-state index is 13.2. The van der Waals surface area contributed by atoms with Crippen molar-refractivity contribution in [3.05, 3.63) is 24.0 Å². The number of anilines is 1. The largest absolute Gasteiger partial charge is 0.327 e. The number of nitrogens with two attached hydrogens (primary N) is 1. The quantitative estimate of drug-likeness (QED) is 0.788. The molecule has 1 amide bonds. The highest BCUT2D eigenvalue weighted by Gasteiger charge is 2.67. The van der Waals surface area contributed by atoms with E-state index < -0.39 is 44.5 Å². The van der Waals surface area contributed by atoms with Gasteiger partial charge < -0.3 is 11.1 Å². The van der Waals surface area contributed by atoms with Crippen LogP contribution < -0.4 is 11.1 Å². The van der Waals surface area contributed by atoms with Crippen molar-refractivity contribution < 1.29 is 28.6 Å². The maximum atomic E-state index is 13.2. The lowest BCUT2D eigenvalue weighted by molar-refractivity contribution is -0.120. The Labute approximate surface area is 122 Å². The van der Waals surface area contributed by atoms with Crippen LogP contribution in [0.15, 0.2) is 23.1 Å². The summed E-state index contributed by atoms with van der Waals surface area (Å²) in [5.74, 6) is -3.35. The van der Waals surface area contributed by atoms with Crippen LogP contribution in [0.2, 0.25) is 0 Å². The van der Waals surface area contributed by atoms with Gasteiger partial charge in [0.1, 0.15) is 10.7 Å². The highest BCUT2D eigenvalue weighted by Crippen LogP contribution is 3.02. The van der Waals surface area contributed by atoms with Gasteiger partial charge in [0.25, 0.3) is 0 Å². The Morgan fingerprint density at radius 3 is 2.32 bits per heavy atom. The van der Waals surface area contributed by atoms with Crippen molar-refractivity contribution in [1.29, 1.82) is 0 Å². The fourth-order valence-electron chi connectivity index (χ4n) is 2.43. The normalized spacial score (nSPS) is 25.4. The minimum atomic E-state index is -10.2. The fraction of sp³-hybridized carbons (Fsp3) is 0.417. The first-order valence-electron chi connectivity index (χ1n) is 6.38. The summed E-state index contributed by atoms with van der Waals surface area (Å²) in [6, 6.07) is 0.517. The van der Waals surface area contributed by atoms with Crippen molar-refractivity contribution in [3.8, 4) is 0 Å². The monoisotopic (exact) mass is 348 g/mol. The molecule has 2 atom stereocenters. The SMILES string of the molecule is N[C@@H]1CCC[C@@H]1C(=O)Nc1ccc(F)c(S(F)(F)(F)(F)F)c1. The standard InChI is InChI=1S/C12H14F6N2OS/c13-9-5-4-7(6-11(9)22(14,15,16,17)18)20-12(21)8-2-1-3-10(8)19/h4-6,8,10H,1-3,19H2,(H,20,21)/t8-,10+/m0/s1. The zero-order chi connectivity index (χ0) is 16.8. The van der Waals surface area contributed by atoms with E-state index in [-0.39, 0.29) is 12.1 Å². The first-order valence-corrected chi connectivity index (χ1v) is 8.33. The van der Waals surface area contributed by atoms with Gasteiger partial charge in [0.15, 0.2) is 0 Å². The van der Waals surface area contributed by atoms with Gasteiger partial charge >= 0.3 is 10.2 Å². The Morgan fingerprint density at radius 2 is 1.82 bits per heavy atom. The number of carbonyl (C=O) groups is 1. The Morgan fingerprint density at radius 1 is 1.18 bits per heavy atom. The Kier molecular flexibility index (Phi) is 3.50. The molecule has 1 aliphatic rings. The molecule has 126 valence electrons. The van der Waals surface area contributed by atoms with Crippen molar-refractivity contribution >= 4 is 21.8 Å². The second kappa shape index (κ2) is 4.54. The summed E-state index contributed by atoms with van der Waals surface area (Å²) in [5.41, 5.74) is 5.14. The van der Waals surface area contributed by atoms with Gasteiger partial charge in [-0.2, -0.15) is 0 Å². The molecule has 1 fully saturated rings. The minimum Gasteiger partial charge on any atom is -0.327 e. The summed E-state index contributed by atoms with van der Waals surface area (Å²) in [6.45, 7) is 0. The van der Waals surface area contributed by atoms with E-state index in [1.165, 1.54) is 0 Å². The number of halogens is 6. The lowest BCUT2D eigenvalue weighted by Crippen LogP contribution is -2.34. The predicted molar refractivity (Wildman–Crippen MR) is 71.7 cm³/mol. The van der Waals surface area contributed by atoms with E-state index >= 15 is 0 Å². The molecule has 0 heterocycles. The molecule has 3 N–H and O–H groups in total. The van der Waals surface area contributed by atoms with E-state index in [1.54, 1.807) is 0 Å². The molecule has 0 aromatic heterocycles. The summed E-state index contributed by atoms with van der Waals surface area (Å²) in [5, 5.41) is 2.09. The van der Waals surface area contributed by atoms with Crippen LogP contribution in [0.5, 0.6) is 0 Å². The molecule has 0 spiro atoms. The van der Waals surface area contributed by atoms with Gasteiger partial charge in [0.05, 0.1) is 5.92 Å². The van der Waals surface area contributed by atoms with Gasteiger partial charge in [-0.15, -0.1) is 0 Å². The third kappa shape index (κ3) is 3.67. The molecule has 1 aromatic rings. The third-order valence-corrected chi connectivity index (χ3v) is 4.66. The zero-order valence-electron chi connectivity index (χ0n) is 11.2. The molecule has 0 aliphatic heterocycles. The first-order chi connectivity index (χ1) is 9.77. The number of carbonyl (C=O) groups excluding carboxylic acids is 1. The lowest BCUT2D eigenvalue weighted by Gasteiger charge is -2.40. The Bertz CT molecular complexity index is 618. The molecule has 10 heteroatoms. The first kappa shape index (κ1) is 16.9. The molecule has 0 unspecified atom stereocenters. The van der Waals surface area contributed by atoms with Crippen molar-refractivity contribution in [1.82, 2.24) is 0 Å². The molecule has 0 saturated heterocycles. The summed E-state index contributed by atoms with van der Waals surface area (Å²) >= 11 is 0. The van der Waals surface area contributed by atoms with Crippen molar-refractivity contribution in [2.75, 3.05) is 5.32 Å². The number of nitrogens with one attached hydrogen (secondary N) is 1. The zero-order valence-corrected chi connectivity index (χ0v) is 12.0. The molecular weight excluding hydrogens is 334 g/mol. The van der Waals surface area contributed by atoms with Crippen molar-refractivity contribution in [2.24, 2.45) is 11.7 Å². The molecule has 1 saturated carbocycles. The van der Waals surface area contributed by atoms with Crippen LogP contribution in [0.1, 0.15) is 19.3 Å². The number of hydrogen-bond acceptors (Lipinski definition) is 2. The number of benzene rings is 1. The Hall–Kier alpha value is -1.42. The van der Waals surface area contributed by atoms with E-state index in [1.807, 2.05) is 0 Å². The molecule has 3 nitrogen and oxygen atoms in total. The summed E-state index contributed by atoms with van der Waals surface area (Å²) < 4.78 is 76.7. The highest BCUT2D eigenvalue weighted by molar-refractivity contribution is 8.45. The van der Waals surface area contributed by atoms with Crippen LogP contribution in [0.25, 0.3) is 0 Å². The Balaban J connectivity index is 2.30. The molecular formula is C12H14F6N2OS. The van der Waals surface area contributed by atoms with Crippen molar-refractivity contribution in [2.45, 2.75) is 30.2 Å².